The number of fused-ring (bicyclic) bond motifs is 16. The minimum Gasteiger partial charge on any atom is -0.469 e. The molecule has 1 N–H and O–H groups in total. The number of aromatic nitrogens is 1. The maximum atomic E-state index is 7.23. The predicted octanol–water partition coefficient (Wildman–Crippen LogP) is 19.3. The van der Waals surface area contributed by atoms with E-state index in [0.717, 1.165) is 46.5 Å². The van der Waals surface area contributed by atoms with Crippen LogP contribution in [-0.2, 0) is 27.1 Å². The second-order valence-corrected chi connectivity index (χ2v) is 28.6. The zero-order valence-electron chi connectivity index (χ0n) is 45.8. The molecule has 0 bridgehead atoms. The van der Waals surface area contributed by atoms with Crippen molar-refractivity contribution < 1.29 is 4.42 Å². The molecule has 15 rings (SSSR count). The van der Waals surface area contributed by atoms with Crippen LogP contribution in [0.1, 0.15) is 130 Å². The number of rotatable bonds is 4. The average molecular weight is 1020 g/mol. The number of benzene rings is 8. The molecule has 0 saturated heterocycles. The lowest BCUT2D eigenvalue weighted by molar-refractivity contribution is 0.332. The van der Waals surface area contributed by atoms with Gasteiger partial charge < -0.3 is 14.3 Å². The second kappa shape index (κ2) is 15.5. The van der Waals surface area contributed by atoms with E-state index in [1.807, 2.05) is 22.7 Å². The molecule has 5 heterocycles. The van der Waals surface area contributed by atoms with Crippen molar-refractivity contribution in [2.75, 3.05) is 5.32 Å². The predicted molar refractivity (Wildman–Crippen MR) is 331 cm³/mol. The number of hydrogen-bond acceptors (Lipinski definition) is 4. The van der Waals surface area contributed by atoms with Crippen LogP contribution in [-0.4, -0.2) is 11.8 Å². The van der Waals surface area contributed by atoms with E-state index in [2.05, 4.69) is 227 Å². The molecule has 3 nitrogen and oxygen atoms in total. The molecule has 0 saturated carbocycles. The van der Waals surface area contributed by atoms with Crippen molar-refractivity contribution >= 4 is 126 Å². The molecule has 1 radical (unpaired) electrons. The number of thiophene rings is 2. The van der Waals surface area contributed by atoms with Crippen molar-refractivity contribution in [3.63, 3.8) is 0 Å². The number of nitrogens with zero attached hydrogens (tertiary/aromatic N) is 1. The van der Waals surface area contributed by atoms with Crippen LogP contribution in [0, 0.1) is 0 Å². The Morgan fingerprint density at radius 1 is 0.539 bits per heavy atom. The molecule has 3 aliphatic rings. The van der Waals surface area contributed by atoms with Crippen molar-refractivity contribution in [1.82, 2.24) is 4.57 Å². The van der Waals surface area contributed by atoms with Crippen LogP contribution < -0.4 is 16.4 Å². The minimum absolute atomic E-state index is 0.0217. The van der Waals surface area contributed by atoms with Crippen LogP contribution in [0.5, 0.6) is 0 Å². The van der Waals surface area contributed by atoms with Gasteiger partial charge in [-0.25, -0.2) is 0 Å². The SMILES string of the molecule is CC(C)(C)c1ccc(Nc2cc3sc4cc5c(cc4c3cc2-c2c3c4c(c6cc7c(cc6n4-c4c(oc6ccc(-c8ccccc8)cc46)[B]3)C(C)(C)CCC7(C)C)c3sc4ccccc4c23)C(C)(C)CCC5(C)C)cc1. The fourth-order valence-corrected chi connectivity index (χ4v) is 16.4. The smallest absolute Gasteiger partial charge is 0.247 e. The lowest BCUT2D eigenvalue weighted by Gasteiger charge is -2.42. The fourth-order valence-electron chi connectivity index (χ4n) is 14.0. The first-order chi connectivity index (χ1) is 36.2. The first-order valence-corrected chi connectivity index (χ1v) is 29.3. The summed E-state index contributed by atoms with van der Waals surface area (Å²) in [5, 5.41) is 13.2. The molecule has 375 valence electrons. The van der Waals surface area contributed by atoms with Crippen LogP contribution in [0.25, 0.3) is 101 Å². The summed E-state index contributed by atoms with van der Waals surface area (Å²) in [6.45, 7) is 26.6. The molecule has 76 heavy (non-hydrogen) atoms. The topological polar surface area (TPSA) is 30.1 Å². The molecule has 0 spiro atoms. The van der Waals surface area contributed by atoms with Gasteiger partial charge in [-0.2, -0.15) is 0 Å². The summed E-state index contributed by atoms with van der Waals surface area (Å²) in [4.78, 5) is 0. The van der Waals surface area contributed by atoms with E-state index < -0.39 is 0 Å². The summed E-state index contributed by atoms with van der Waals surface area (Å²) < 4.78 is 15.2. The monoisotopic (exact) mass is 1020 g/mol. The summed E-state index contributed by atoms with van der Waals surface area (Å²) in [5.41, 5.74) is 21.3. The summed E-state index contributed by atoms with van der Waals surface area (Å²) in [6, 6.07) is 51.4. The van der Waals surface area contributed by atoms with E-state index in [-0.39, 0.29) is 27.1 Å². The van der Waals surface area contributed by atoms with Gasteiger partial charge in [0, 0.05) is 73.4 Å². The lowest BCUT2D eigenvalue weighted by atomic mass is 9.61. The van der Waals surface area contributed by atoms with Gasteiger partial charge in [0.25, 0.3) is 0 Å². The van der Waals surface area contributed by atoms with Crippen molar-refractivity contribution in [2.45, 2.75) is 129 Å². The van der Waals surface area contributed by atoms with Gasteiger partial charge in [0.1, 0.15) is 5.58 Å². The Morgan fingerprint density at radius 3 is 1.86 bits per heavy atom. The third-order valence-corrected chi connectivity index (χ3v) is 21.0. The zero-order valence-corrected chi connectivity index (χ0v) is 47.4. The largest absolute Gasteiger partial charge is 0.469 e. The van der Waals surface area contributed by atoms with E-state index in [0.29, 0.717) is 0 Å². The van der Waals surface area contributed by atoms with Crippen LogP contribution >= 0.6 is 22.7 Å². The van der Waals surface area contributed by atoms with E-state index in [1.54, 1.807) is 0 Å². The van der Waals surface area contributed by atoms with Gasteiger partial charge >= 0.3 is 0 Å². The van der Waals surface area contributed by atoms with Gasteiger partial charge in [-0.05, 0) is 169 Å². The van der Waals surface area contributed by atoms with Crippen molar-refractivity contribution in [2.24, 2.45) is 0 Å². The van der Waals surface area contributed by atoms with E-state index in [4.69, 9.17) is 4.42 Å². The summed E-state index contributed by atoms with van der Waals surface area (Å²) in [7, 11) is 2.42. The number of furan rings is 1. The Balaban J connectivity index is 1.11. The van der Waals surface area contributed by atoms with Gasteiger partial charge in [0.15, 0.2) is 0 Å². The average Bonchev–Trinajstić information content (AvgIpc) is 4.34. The van der Waals surface area contributed by atoms with Crippen molar-refractivity contribution in [3.8, 4) is 27.9 Å². The van der Waals surface area contributed by atoms with E-state index >= 15 is 0 Å². The highest BCUT2D eigenvalue weighted by atomic mass is 32.1. The molecule has 4 aromatic heterocycles. The van der Waals surface area contributed by atoms with E-state index in [9.17, 15) is 0 Å². The highest BCUT2D eigenvalue weighted by Gasteiger charge is 2.41. The third-order valence-electron chi connectivity index (χ3n) is 18.7. The maximum absolute atomic E-state index is 7.23. The summed E-state index contributed by atoms with van der Waals surface area (Å²) >= 11 is 3.91. The number of anilines is 2. The maximum Gasteiger partial charge on any atom is 0.247 e. The van der Waals surface area contributed by atoms with Crippen molar-refractivity contribution in [3.05, 3.63) is 161 Å². The standard InChI is InChI=1S/C70H64BN2OS2/c1-66(2,3)40-22-24-41(25-23-40)72-52-37-57-43(44-33-48-51(36-56(44)75-57)70(10,11)30-28-67(48,4)5)32-45(52)58-59-42-19-15-16-20-55(42)76-64(59)60-46-34-49-50(69(8,9)29-27-68(49,6)7)35-53(46)73-62-47-31-39(38-17-13-12-14-18-38)21-26-54(47)74-65(62)71-61(58)63(60)73/h12-26,31-37,72H,27-30H2,1-11H3. The highest BCUT2D eigenvalue weighted by Crippen LogP contribution is 2.55. The van der Waals surface area contributed by atoms with Gasteiger partial charge in [-0.3, -0.25) is 0 Å². The second-order valence-electron chi connectivity index (χ2n) is 26.5. The van der Waals surface area contributed by atoms with Gasteiger partial charge in [-0.15, -0.1) is 22.7 Å². The summed E-state index contributed by atoms with van der Waals surface area (Å²) in [5.74, 6) is 0. The minimum atomic E-state index is 0.0217. The summed E-state index contributed by atoms with van der Waals surface area (Å²) in [6.07, 6.45) is 4.68. The normalized spacial score (nSPS) is 17.2. The Bertz CT molecular complexity index is 4490. The van der Waals surface area contributed by atoms with Crippen LogP contribution in [0.4, 0.5) is 11.4 Å². The van der Waals surface area contributed by atoms with Crippen LogP contribution in [0.3, 0.4) is 0 Å². The fraction of sp³-hybridized carbons (Fsp3) is 0.286. The van der Waals surface area contributed by atoms with Crippen LogP contribution in [0.2, 0.25) is 0 Å². The van der Waals surface area contributed by atoms with Gasteiger partial charge in [0.05, 0.1) is 22.4 Å². The number of hydrogen-bond donors (Lipinski definition) is 1. The Morgan fingerprint density at radius 2 is 1.16 bits per heavy atom. The highest BCUT2D eigenvalue weighted by molar-refractivity contribution is 7.27. The molecule has 0 atom stereocenters. The third kappa shape index (κ3) is 6.65. The molecule has 8 aromatic carbocycles. The van der Waals surface area contributed by atoms with Gasteiger partial charge in [0.2, 0.25) is 7.28 Å². The first-order valence-electron chi connectivity index (χ1n) is 27.6. The van der Waals surface area contributed by atoms with E-state index in [1.165, 1.54) is 131 Å². The Kier molecular flexibility index (Phi) is 9.55. The van der Waals surface area contributed by atoms with Crippen LogP contribution in [0.15, 0.2) is 138 Å². The molecule has 1 aliphatic heterocycles. The zero-order chi connectivity index (χ0) is 52.2. The Hall–Kier alpha value is -6.60. The quantitative estimate of drug-likeness (QED) is 0.178. The molecular formula is C70H64BN2OS2. The van der Waals surface area contributed by atoms with Crippen molar-refractivity contribution in [1.29, 1.82) is 0 Å². The van der Waals surface area contributed by atoms with Gasteiger partial charge in [-0.1, -0.05) is 143 Å². The Labute approximate surface area is 455 Å². The molecule has 0 amide bonds. The first kappa shape index (κ1) is 46.7. The molecule has 0 fully saturated rings. The molecule has 6 heteroatoms. The molecule has 2 aliphatic carbocycles. The lowest BCUT2D eigenvalue weighted by Crippen LogP contribution is -2.36. The molecule has 0 unspecified atom stereocenters. The number of nitrogens with one attached hydrogen (secondary N) is 1. The molecule has 12 aromatic rings. The molecular weight excluding hydrogens is 960 g/mol.